The van der Waals surface area contributed by atoms with Gasteiger partial charge in [-0.25, -0.2) is 0 Å². The Morgan fingerprint density at radius 3 is 2.42 bits per heavy atom. The van der Waals surface area contributed by atoms with Crippen LogP contribution in [0, 0.1) is 5.41 Å². The van der Waals surface area contributed by atoms with Gasteiger partial charge in [0.1, 0.15) is 0 Å². The van der Waals surface area contributed by atoms with E-state index in [1.165, 1.54) is 0 Å². The molecule has 110 valence electrons. The van der Waals surface area contributed by atoms with Crippen LogP contribution in [0.15, 0.2) is 0 Å². The normalized spacial score (nSPS) is 25.2. The van der Waals surface area contributed by atoms with Crippen LogP contribution in [-0.2, 0) is 4.79 Å². The van der Waals surface area contributed by atoms with E-state index in [2.05, 4.69) is 29.4 Å². The highest BCUT2D eigenvalue weighted by Gasteiger charge is 2.38. The molecule has 4 nitrogen and oxygen atoms in total. The van der Waals surface area contributed by atoms with E-state index in [4.69, 9.17) is 0 Å². The monoisotopic (exact) mass is 267 g/mol. The van der Waals surface area contributed by atoms with Crippen molar-refractivity contribution in [2.75, 3.05) is 32.7 Å². The molecule has 1 amide bonds. The largest absolute Gasteiger partial charge is 0.353 e. The van der Waals surface area contributed by atoms with Crippen molar-refractivity contribution in [1.29, 1.82) is 0 Å². The highest BCUT2D eigenvalue weighted by molar-refractivity contribution is 5.83. The minimum absolute atomic E-state index is 0.104. The zero-order valence-corrected chi connectivity index (χ0v) is 12.5. The summed E-state index contributed by atoms with van der Waals surface area (Å²) < 4.78 is 0. The number of piperidine rings is 2. The van der Waals surface area contributed by atoms with Gasteiger partial charge in [0.2, 0.25) is 5.91 Å². The van der Waals surface area contributed by atoms with E-state index in [0.29, 0.717) is 11.9 Å². The van der Waals surface area contributed by atoms with Crippen LogP contribution in [0.4, 0.5) is 0 Å². The number of likely N-dealkylation sites (tertiary alicyclic amines) is 1. The zero-order valence-electron chi connectivity index (χ0n) is 12.5. The van der Waals surface area contributed by atoms with Crippen LogP contribution in [0.2, 0.25) is 0 Å². The van der Waals surface area contributed by atoms with E-state index in [0.717, 1.165) is 64.8 Å². The summed E-state index contributed by atoms with van der Waals surface area (Å²) in [5.41, 5.74) is -0.104. The maximum atomic E-state index is 12.6. The molecular weight excluding hydrogens is 238 g/mol. The number of hydrogen-bond acceptors (Lipinski definition) is 3. The Morgan fingerprint density at radius 1 is 1.26 bits per heavy atom. The number of hydrogen-bond donors (Lipinski definition) is 2. The number of nitrogens with one attached hydrogen (secondary N) is 2. The summed E-state index contributed by atoms with van der Waals surface area (Å²) >= 11 is 0. The van der Waals surface area contributed by atoms with Gasteiger partial charge in [-0.15, -0.1) is 0 Å². The molecule has 0 atom stereocenters. The Hall–Kier alpha value is -0.610. The third-order valence-corrected chi connectivity index (χ3v) is 5.09. The van der Waals surface area contributed by atoms with Gasteiger partial charge in [-0.3, -0.25) is 4.79 Å². The molecule has 0 aliphatic carbocycles. The molecule has 0 aromatic carbocycles. The van der Waals surface area contributed by atoms with Gasteiger partial charge < -0.3 is 15.5 Å². The predicted molar refractivity (Wildman–Crippen MR) is 78.1 cm³/mol. The summed E-state index contributed by atoms with van der Waals surface area (Å²) in [6, 6.07) is 0.397. The highest BCUT2D eigenvalue weighted by Crippen LogP contribution is 2.33. The van der Waals surface area contributed by atoms with Crippen molar-refractivity contribution in [1.82, 2.24) is 15.5 Å². The summed E-state index contributed by atoms with van der Waals surface area (Å²) in [6.07, 6.45) is 5.16. The third-order valence-electron chi connectivity index (χ3n) is 5.09. The van der Waals surface area contributed by atoms with E-state index in [1.54, 1.807) is 0 Å². The molecule has 0 spiro atoms. The summed E-state index contributed by atoms with van der Waals surface area (Å²) in [6.45, 7) is 9.71. The Balaban J connectivity index is 1.86. The van der Waals surface area contributed by atoms with Crippen LogP contribution < -0.4 is 10.6 Å². The molecule has 0 saturated carbocycles. The maximum Gasteiger partial charge on any atom is 0.226 e. The SMILES string of the molecule is CCN1CCC(NC(=O)C2(CC)CCNCC2)CC1. The Morgan fingerprint density at radius 2 is 1.89 bits per heavy atom. The first-order valence-electron chi connectivity index (χ1n) is 7.94. The van der Waals surface area contributed by atoms with Crippen molar-refractivity contribution < 1.29 is 4.79 Å². The van der Waals surface area contributed by atoms with E-state index >= 15 is 0 Å². The number of carbonyl (C=O) groups is 1. The average molecular weight is 267 g/mol. The molecule has 0 aromatic heterocycles. The van der Waals surface area contributed by atoms with Gasteiger partial charge in [0.15, 0.2) is 0 Å². The van der Waals surface area contributed by atoms with Crippen LogP contribution >= 0.6 is 0 Å². The second kappa shape index (κ2) is 6.71. The van der Waals surface area contributed by atoms with Crippen LogP contribution in [-0.4, -0.2) is 49.6 Å². The summed E-state index contributed by atoms with van der Waals surface area (Å²) in [5.74, 6) is 0.312. The predicted octanol–water partition coefficient (Wildman–Crippen LogP) is 1.37. The molecular formula is C15H29N3O. The van der Waals surface area contributed by atoms with Gasteiger partial charge in [-0.2, -0.15) is 0 Å². The molecule has 2 fully saturated rings. The molecule has 19 heavy (non-hydrogen) atoms. The lowest BCUT2D eigenvalue weighted by molar-refractivity contribution is -0.134. The first-order chi connectivity index (χ1) is 9.20. The van der Waals surface area contributed by atoms with E-state index < -0.39 is 0 Å². The lowest BCUT2D eigenvalue weighted by atomic mass is 9.75. The quantitative estimate of drug-likeness (QED) is 0.808. The average Bonchev–Trinajstić information content (AvgIpc) is 2.48. The van der Waals surface area contributed by atoms with E-state index in [1.807, 2.05) is 0 Å². The number of carbonyl (C=O) groups excluding carboxylic acids is 1. The number of nitrogens with zero attached hydrogens (tertiary/aromatic N) is 1. The molecule has 2 rings (SSSR count). The van der Waals surface area contributed by atoms with Crippen molar-refractivity contribution in [2.24, 2.45) is 5.41 Å². The van der Waals surface area contributed by atoms with Crippen LogP contribution in [0.3, 0.4) is 0 Å². The van der Waals surface area contributed by atoms with Gasteiger partial charge in [0, 0.05) is 19.1 Å². The molecule has 2 aliphatic heterocycles. The lowest BCUT2D eigenvalue weighted by Gasteiger charge is -2.38. The van der Waals surface area contributed by atoms with Crippen molar-refractivity contribution in [2.45, 2.75) is 52.0 Å². The molecule has 0 aromatic rings. The summed E-state index contributed by atoms with van der Waals surface area (Å²) in [4.78, 5) is 15.1. The number of amides is 1. The second-order valence-electron chi connectivity index (χ2n) is 6.07. The lowest BCUT2D eigenvalue weighted by Crippen LogP contribution is -2.52. The molecule has 2 heterocycles. The first-order valence-corrected chi connectivity index (χ1v) is 7.94. The zero-order chi connectivity index (χ0) is 13.7. The summed E-state index contributed by atoms with van der Waals surface area (Å²) in [7, 11) is 0. The maximum absolute atomic E-state index is 12.6. The van der Waals surface area contributed by atoms with Crippen molar-refractivity contribution >= 4 is 5.91 Å². The molecule has 2 N–H and O–H groups in total. The molecule has 4 heteroatoms. The minimum atomic E-state index is -0.104. The van der Waals surface area contributed by atoms with Crippen LogP contribution in [0.25, 0.3) is 0 Å². The molecule has 0 unspecified atom stereocenters. The van der Waals surface area contributed by atoms with Crippen LogP contribution in [0.5, 0.6) is 0 Å². The fourth-order valence-electron chi connectivity index (χ4n) is 3.38. The Labute approximate surface area is 117 Å². The summed E-state index contributed by atoms with van der Waals surface area (Å²) in [5, 5.41) is 6.69. The minimum Gasteiger partial charge on any atom is -0.353 e. The smallest absolute Gasteiger partial charge is 0.226 e. The molecule has 0 bridgehead atoms. The van der Waals surface area contributed by atoms with Crippen molar-refractivity contribution in [3.05, 3.63) is 0 Å². The second-order valence-corrected chi connectivity index (χ2v) is 6.07. The third kappa shape index (κ3) is 3.48. The highest BCUT2D eigenvalue weighted by atomic mass is 16.2. The van der Waals surface area contributed by atoms with E-state index in [-0.39, 0.29) is 5.41 Å². The fraction of sp³-hybridized carbons (Fsp3) is 0.933. The topological polar surface area (TPSA) is 44.4 Å². The Kier molecular flexibility index (Phi) is 5.22. The van der Waals surface area contributed by atoms with Crippen molar-refractivity contribution in [3.8, 4) is 0 Å². The molecule has 2 saturated heterocycles. The van der Waals surface area contributed by atoms with Crippen LogP contribution in [0.1, 0.15) is 46.0 Å². The standard InChI is InChI=1S/C15H29N3O/c1-3-15(7-9-16-10-8-15)14(19)17-13-5-11-18(4-2)12-6-13/h13,16H,3-12H2,1-2H3,(H,17,19). The molecule has 2 aliphatic rings. The Bertz CT molecular complexity index is 292. The van der Waals surface area contributed by atoms with Crippen molar-refractivity contribution in [3.63, 3.8) is 0 Å². The number of rotatable bonds is 4. The van der Waals surface area contributed by atoms with Gasteiger partial charge in [0.25, 0.3) is 0 Å². The van der Waals surface area contributed by atoms with Gasteiger partial charge in [-0.1, -0.05) is 13.8 Å². The van der Waals surface area contributed by atoms with Gasteiger partial charge >= 0.3 is 0 Å². The fourth-order valence-corrected chi connectivity index (χ4v) is 3.38. The van der Waals surface area contributed by atoms with Gasteiger partial charge in [0.05, 0.1) is 5.41 Å². The molecule has 0 radical (unpaired) electrons. The first kappa shape index (κ1) is 14.8. The van der Waals surface area contributed by atoms with Gasteiger partial charge in [-0.05, 0) is 51.7 Å². The van der Waals surface area contributed by atoms with E-state index in [9.17, 15) is 4.79 Å².